The molecule has 4 aromatic rings. The Morgan fingerprint density at radius 1 is 0.547 bits per heavy atom. The number of sulfone groups is 1. The first-order valence-electron chi connectivity index (χ1n) is 15.7. The third kappa shape index (κ3) is 11.7. The molecule has 0 N–H and O–H groups in total. The van der Waals surface area contributed by atoms with E-state index in [4.69, 9.17) is 28.4 Å². The normalized spacial score (nSPS) is 11.1. The van der Waals surface area contributed by atoms with E-state index in [1.165, 1.54) is 60.7 Å². The van der Waals surface area contributed by atoms with Crippen molar-refractivity contribution in [2.75, 3.05) is 13.6 Å². The fraction of sp³-hybridized carbons (Fsp3) is 0.100. The summed E-state index contributed by atoms with van der Waals surface area (Å²) in [5.74, 6) is -1.37. The third-order valence-electron chi connectivity index (χ3n) is 7.17. The van der Waals surface area contributed by atoms with Crippen molar-refractivity contribution in [3.8, 4) is 23.0 Å². The van der Waals surface area contributed by atoms with Crippen LogP contribution in [0.15, 0.2) is 132 Å². The smallest absolute Gasteiger partial charge is 0.336 e. The van der Waals surface area contributed by atoms with Crippen molar-refractivity contribution in [3.05, 3.63) is 145 Å². The van der Waals surface area contributed by atoms with Gasteiger partial charge in [0.2, 0.25) is 23.4 Å². The molecular formula is C40H34O12S. The Balaban J connectivity index is 1.29. The summed E-state index contributed by atoms with van der Waals surface area (Å²) < 4.78 is 57.4. The van der Waals surface area contributed by atoms with Gasteiger partial charge in [-0.1, -0.05) is 25.3 Å². The lowest BCUT2D eigenvalue weighted by atomic mass is 10.1. The van der Waals surface area contributed by atoms with Gasteiger partial charge in [0.15, 0.2) is 0 Å². The van der Waals surface area contributed by atoms with Gasteiger partial charge in [0.25, 0.3) is 0 Å². The van der Waals surface area contributed by atoms with Crippen molar-refractivity contribution in [1.29, 1.82) is 0 Å². The number of hydrogen-bond donors (Lipinski definition) is 0. The number of hydrogen-bond acceptors (Lipinski definition) is 12. The summed E-state index contributed by atoms with van der Waals surface area (Å²) in [7, 11) is -3.95. The van der Waals surface area contributed by atoms with Gasteiger partial charge in [-0.3, -0.25) is 0 Å². The van der Waals surface area contributed by atoms with Gasteiger partial charge in [-0.15, -0.1) is 0 Å². The van der Waals surface area contributed by atoms with Crippen LogP contribution in [0.4, 0.5) is 0 Å². The Kier molecular flexibility index (Phi) is 13.6. The van der Waals surface area contributed by atoms with Crippen LogP contribution in [0.25, 0.3) is 12.2 Å². The molecule has 0 bridgehead atoms. The van der Waals surface area contributed by atoms with Crippen LogP contribution >= 0.6 is 0 Å². The van der Waals surface area contributed by atoms with Crippen LogP contribution in [0.3, 0.4) is 0 Å². The number of rotatable bonds is 16. The Hall–Kier alpha value is -6.73. The van der Waals surface area contributed by atoms with Crippen LogP contribution in [-0.2, 0) is 38.5 Å². The van der Waals surface area contributed by atoms with Gasteiger partial charge in [-0.25, -0.2) is 27.6 Å². The maximum Gasteiger partial charge on any atom is 0.336 e. The molecule has 4 rings (SSSR count). The van der Waals surface area contributed by atoms with Gasteiger partial charge in [0, 0.05) is 24.3 Å². The molecule has 0 atom stereocenters. The quantitative estimate of drug-likeness (QED) is 0.0532. The van der Waals surface area contributed by atoms with E-state index < -0.39 is 33.7 Å². The van der Waals surface area contributed by atoms with Crippen LogP contribution in [-0.4, -0.2) is 45.9 Å². The molecule has 0 aliphatic heterocycles. The lowest BCUT2D eigenvalue weighted by Crippen LogP contribution is -2.07. The van der Waals surface area contributed by atoms with Crippen LogP contribution in [0.5, 0.6) is 23.0 Å². The van der Waals surface area contributed by atoms with E-state index in [0.29, 0.717) is 22.6 Å². The summed E-state index contributed by atoms with van der Waals surface area (Å²) in [4.78, 5) is 47.0. The summed E-state index contributed by atoms with van der Waals surface area (Å²) in [6, 6.07) is 20.8. The van der Waals surface area contributed by atoms with Crippen molar-refractivity contribution >= 4 is 45.9 Å². The topological polar surface area (TPSA) is 158 Å². The second kappa shape index (κ2) is 18.5. The number of carbonyl (C=O) groups excluding carboxylic acids is 4. The summed E-state index contributed by atoms with van der Waals surface area (Å²) in [5.41, 5.74) is 3.00. The Bertz CT molecular complexity index is 2020. The zero-order chi connectivity index (χ0) is 38.4. The maximum atomic E-state index is 13.2. The van der Waals surface area contributed by atoms with E-state index in [9.17, 15) is 27.6 Å². The number of benzene rings is 4. The third-order valence-corrected chi connectivity index (χ3v) is 8.96. The molecule has 0 amide bonds. The van der Waals surface area contributed by atoms with E-state index >= 15 is 0 Å². The molecule has 0 radical (unpaired) electrons. The van der Waals surface area contributed by atoms with Gasteiger partial charge in [0.05, 0.1) is 9.79 Å². The lowest BCUT2D eigenvalue weighted by Gasteiger charge is -2.09. The highest BCUT2D eigenvalue weighted by molar-refractivity contribution is 7.91. The zero-order valence-electron chi connectivity index (χ0n) is 28.7. The minimum Gasteiger partial charge on any atom is -0.457 e. The van der Waals surface area contributed by atoms with Crippen LogP contribution in [0.1, 0.15) is 22.3 Å². The molecule has 0 fully saturated rings. The first kappa shape index (κ1) is 39.1. The SMILES string of the molecule is C=CC(=O)OCOc1ccc(C=CC(=O)Oc2ccc(S(=O)(=O)c3ccc(OC(=O)C=Cc4ccc(OCOC(=O)C=C)cc4C)cc3)cc2)c(C)c1. The highest BCUT2D eigenvalue weighted by Crippen LogP contribution is 2.26. The van der Waals surface area contributed by atoms with Gasteiger partial charge in [0.1, 0.15) is 23.0 Å². The Morgan fingerprint density at radius 2 is 0.906 bits per heavy atom. The van der Waals surface area contributed by atoms with Crippen molar-refractivity contribution in [3.63, 3.8) is 0 Å². The van der Waals surface area contributed by atoms with Crippen molar-refractivity contribution in [2.45, 2.75) is 23.6 Å². The molecule has 0 aliphatic carbocycles. The fourth-order valence-electron chi connectivity index (χ4n) is 4.40. The molecule has 53 heavy (non-hydrogen) atoms. The maximum absolute atomic E-state index is 13.2. The standard InChI is InChI=1S/C40H34O12S/c1-5-37(41)49-25-47-33-11-7-29(27(3)23-33)9-21-39(43)51-31-13-17-35(18-14-31)53(45,46)36-19-15-32(16-20-36)52-40(44)22-10-30-8-12-34(24-28(30)4)48-26-50-38(42)6-2/h5-24H,1-2,25-26H2,3-4H3. The zero-order valence-corrected chi connectivity index (χ0v) is 29.5. The first-order chi connectivity index (χ1) is 25.4. The van der Waals surface area contributed by atoms with Crippen LogP contribution < -0.4 is 18.9 Å². The Labute approximate surface area is 306 Å². The molecule has 13 heteroatoms. The van der Waals surface area contributed by atoms with Crippen molar-refractivity contribution < 1.29 is 56.0 Å². The second-order valence-electron chi connectivity index (χ2n) is 10.9. The summed E-state index contributed by atoms with van der Waals surface area (Å²) in [6.45, 7) is 9.68. The predicted octanol–water partition coefficient (Wildman–Crippen LogP) is 6.50. The molecule has 0 spiro atoms. The lowest BCUT2D eigenvalue weighted by molar-refractivity contribution is -0.145. The molecule has 0 aliphatic rings. The number of esters is 4. The summed E-state index contributed by atoms with van der Waals surface area (Å²) in [5, 5.41) is 0. The molecule has 0 aromatic heterocycles. The average Bonchev–Trinajstić information content (AvgIpc) is 3.14. The van der Waals surface area contributed by atoms with Crippen molar-refractivity contribution in [2.24, 2.45) is 0 Å². The van der Waals surface area contributed by atoms with Gasteiger partial charge in [-0.05, 0) is 121 Å². The average molecular weight is 739 g/mol. The van der Waals surface area contributed by atoms with Gasteiger partial charge in [-0.2, -0.15) is 0 Å². The molecule has 0 heterocycles. The van der Waals surface area contributed by atoms with Gasteiger partial charge < -0.3 is 28.4 Å². The van der Waals surface area contributed by atoms with E-state index in [2.05, 4.69) is 13.2 Å². The molecule has 0 saturated carbocycles. The molecule has 4 aromatic carbocycles. The first-order valence-corrected chi connectivity index (χ1v) is 17.2. The largest absolute Gasteiger partial charge is 0.457 e. The molecule has 12 nitrogen and oxygen atoms in total. The predicted molar refractivity (Wildman–Crippen MR) is 194 cm³/mol. The van der Waals surface area contributed by atoms with E-state index in [-0.39, 0.29) is 34.9 Å². The molecule has 0 saturated heterocycles. The molecule has 0 unspecified atom stereocenters. The molecule has 272 valence electrons. The molecular weight excluding hydrogens is 704 g/mol. The number of carbonyl (C=O) groups is 4. The monoisotopic (exact) mass is 738 g/mol. The summed E-state index contributed by atoms with van der Waals surface area (Å²) >= 11 is 0. The summed E-state index contributed by atoms with van der Waals surface area (Å²) in [6.07, 6.45) is 7.63. The van der Waals surface area contributed by atoms with Crippen molar-refractivity contribution in [1.82, 2.24) is 0 Å². The highest BCUT2D eigenvalue weighted by atomic mass is 32.2. The highest BCUT2D eigenvalue weighted by Gasteiger charge is 2.18. The van der Waals surface area contributed by atoms with Crippen LogP contribution in [0.2, 0.25) is 0 Å². The number of ether oxygens (including phenoxy) is 6. The van der Waals surface area contributed by atoms with E-state index in [1.54, 1.807) is 48.6 Å². The Morgan fingerprint density at radius 3 is 1.25 bits per heavy atom. The van der Waals surface area contributed by atoms with Crippen LogP contribution in [0, 0.1) is 13.8 Å². The second-order valence-corrected chi connectivity index (χ2v) is 12.8. The van der Waals surface area contributed by atoms with E-state index in [1.807, 2.05) is 13.8 Å². The van der Waals surface area contributed by atoms with Gasteiger partial charge >= 0.3 is 23.9 Å². The number of aryl methyl sites for hydroxylation is 2. The minimum absolute atomic E-state index is 0.0396. The van der Waals surface area contributed by atoms with E-state index in [0.717, 1.165) is 23.3 Å². The minimum atomic E-state index is -3.95. The fourth-order valence-corrected chi connectivity index (χ4v) is 5.67.